The Hall–Kier alpha value is -1.87. The summed E-state index contributed by atoms with van der Waals surface area (Å²) in [6.45, 7) is 0.706. The van der Waals surface area contributed by atoms with E-state index >= 15 is 0 Å². The van der Waals surface area contributed by atoms with Crippen molar-refractivity contribution in [3.05, 3.63) is 65.2 Å². The Morgan fingerprint density at radius 2 is 2.05 bits per heavy atom. The van der Waals surface area contributed by atoms with E-state index in [4.69, 9.17) is 22.7 Å². The standard InChI is InChI=1S/C16H15NOS/c17-16(19)12-5-3-6-14(9-12)18-10-13-8-11-4-1-2-7-15(11)13/h1-7,9,13H,8,10H2,(H2,17,19). The molecule has 2 aromatic carbocycles. The van der Waals surface area contributed by atoms with Crippen LogP contribution in [0.1, 0.15) is 22.6 Å². The zero-order valence-corrected chi connectivity index (χ0v) is 11.3. The Labute approximate surface area is 118 Å². The van der Waals surface area contributed by atoms with Crippen LogP contribution in [0, 0.1) is 0 Å². The topological polar surface area (TPSA) is 35.2 Å². The van der Waals surface area contributed by atoms with Crippen molar-refractivity contribution in [2.45, 2.75) is 12.3 Å². The van der Waals surface area contributed by atoms with Gasteiger partial charge in [-0.1, -0.05) is 48.6 Å². The molecule has 0 bridgehead atoms. The zero-order chi connectivity index (χ0) is 13.2. The summed E-state index contributed by atoms with van der Waals surface area (Å²) in [5.41, 5.74) is 9.31. The van der Waals surface area contributed by atoms with Gasteiger partial charge in [0.05, 0.1) is 6.61 Å². The van der Waals surface area contributed by atoms with Crippen molar-refractivity contribution in [1.29, 1.82) is 0 Å². The molecule has 1 unspecified atom stereocenters. The van der Waals surface area contributed by atoms with Crippen LogP contribution in [-0.4, -0.2) is 11.6 Å². The Morgan fingerprint density at radius 3 is 2.84 bits per heavy atom. The Bertz CT molecular complexity index is 624. The molecule has 0 aliphatic heterocycles. The zero-order valence-electron chi connectivity index (χ0n) is 10.5. The average molecular weight is 269 g/mol. The van der Waals surface area contributed by atoms with Crippen LogP contribution in [-0.2, 0) is 6.42 Å². The van der Waals surface area contributed by atoms with E-state index in [9.17, 15) is 0 Å². The number of fused-ring (bicyclic) bond motifs is 1. The number of nitrogens with two attached hydrogens (primary N) is 1. The van der Waals surface area contributed by atoms with Crippen LogP contribution >= 0.6 is 12.2 Å². The summed E-state index contributed by atoms with van der Waals surface area (Å²) in [5.74, 6) is 1.33. The molecule has 0 saturated heterocycles. The molecule has 0 radical (unpaired) electrons. The largest absolute Gasteiger partial charge is 0.493 e. The lowest BCUT2D eigenvalue weighted by Crippen LogP contribution is -2.23. The van der Waals surface area contributed by atoms with Crippen LogP contribution in [0.2, 0.25) is 0 Å². The molecule has 3 rings (SSSR count). The number of hydrogen-bond acceptors (Lipinski definition) is 2. The van der Waals surface area contributed by atoms with Gasteiger partial charge in [0, 0.05) is 11.5 Å². The highest BCUT2D eigenvalue weighted by Crippen LogP contribution is 2.35. The molecule has 0 aromatic heterocycles. The fourth-order valence-corrected chi connectivity index (χ4v) is 2.57. The molecule has 0 saturated carbocycles. The van der Waals surface area contributed by atoms with Crippen LogP contribution in [0.5, 0.6) is 5.75 Å². The molecule has 2 N–H and O–H groups in total. The summed E-state index contributed by atoms with van der Waals surface area (Å²) in [6.07, 6.45) is 1.10. The first-order valence-electron chi connectivity index (χ1n) is 6.34. The first-order chi connectivity index (χ1) is 9.24. The number of hydrogen-bond donors (Lipinski definition) is 1. The maximum absolute atomic E-state index is 5.84. The van der Waals surface area contributed by atoms with Gasteiger partial charge in [-0.3, -0.25) is 0 Å². The molecular weight excluding hydrogens is 254 g/mol. The van der Waals surface area contributed by atoms with Crippen molar-refractivity contribution >= 4 is 17.2 Å². The molecule has 2 aromatic rings. The van der Waals surface area contributed by atoms with Crippen LogP contribution in [0.4, 0.5) is 0 Å². The van der Waals surface area contributed by atoms with E-state index in [0.717, 1.165) is 17.7 Å². The van der Waals surface area contributed by atoms with Crippen LogP contribution in [0.15, 0.2) is 48.5 Å². The van der Waals surface area contributed by atoms with E-state index in [1.807, 2.05) is 24.3 Å². The summed E-state index contributed by atoms with van der Waals surface area (Å²) in [4.78, 5) is 0.402. The summed E-state index contributed by atoms with van der Waals surface area (Å²) in [7, 11) is 0. The van der Waals surface area contributed by atoms with Crippen LogP contribution in [0.3, 0.4) is 0 Å². The SMILES string of the molecule is NC(=S)c1cccc(OCC2Cc3ccccc32)c1. The molecule has 96 valence electrons. The van der Waals surface area contributed by atoms with Crippen LogP contribution < -0.4 is 10.5 Å². The molecule has 19 heavy (non-hydrogen) atoms. The smallest absolute Gasteiger partial charge is 0.120 e. The second-order valence-electron chi connectivity index (χ2n) is 4.80. The Kier molecular flexibility index (Phi) is 3.22. The van der Waals surface area contributed by atoms with E-state index in [2.05, 4.69) is 24.3 Å². The van der Waals surface area contributed by atoms with Crippen molar-refractivity contribution in [2.75, 3.05) is 6.61 Å². The molecule has 2 nitrogen and oxygen atoms in total. The lowest BCUT2D eigenvalue weighted by molar-refractivity contribution is 0.275. The van der Waals surface area contributed by atoms with Gasteiger partial charge in [0.15, 0.2) is 0 Å². The maximum Gasteiger partial charge on any atom is 0.120 e. The lowest BCUT2D eigenvalue weighted by atomic mass is 9.78. The fraction of sp³-hybridized carbons (Fsp3) is 0.188. The number of ether oxygens (including phenoxy) is 1. The second kappa shape index (κ2) is 5.02. The predicted octanol–water partition coefficient (Wildman–Crippen LogP) is 3.04. The van der Waals surface area contributed by atoms with Crippen molar-refractivity contribution in [2.24, 2.45) is 5.73 Å². The Balaban J connectivity index is 1.65. The van der Waals surface area contributed by atoms with Crippen molar-refractivity contribution in [3.8, 4) is 5.75 Å². The van der Waals surface area contributed by atoms with Gasteiger partial charge in [0.25, 0.3) is 0 Å². The van der Waals surface area contributed by atoms with E-state index in [1.165, 1.54) is 11.1 Å². The lowest BCUT2D eigenvalue weighted by Gasteiger charge is -2.29. The Morgan fingerprint density at radius 1 is 1.21 bits per heavy atom. The van der Waals surface area contributed by atoms with E-state index in [1.54, 1.807) is 0 Å². The number of thiocarbonyl (C=S) groups is 1. The number of rotatable bonds is 4. The minimum Gasteiger partial charge on any atom is -0.493 e. The van der Waals surface area contributed by atoms with E-state index in [-0.39, 0.29) is 0 Å². The molecule has 3 heteroatoms. The third-order valence-electron chi connectivity index (χ3n) is 3.53. The molecule has 1 aliphatic carbocycles. The van der Waals surface area contributed by atoms with Crippen molar-refractivity contribution in [1.82, 2.24) is 0 Å². The van der Waals surface area contributed by atoms with Gasteiger partial charge < -0.3 is 10.5 Å². The van der Waals surface area contributed by atoms with Gasteiger partial charge in [-0.05, 0) is 29.7 Å². The van der Waals surface area contributed by atoms with Gasteiger partial charge in [-0.2, -0.15) is 0 Å². The van der Waals surface area contributed by atoms with Gasteiger partial charge in [0.2, 0.25) is 0 Å². The summed E-state index contributed by atoms with van der Waals surface area (Å²) < 4.78 is 5.84. The second-order valence-corrected chi connectivity index (χ2v) is 5.24. The summed E-state index contributed by atoms with van der Waals surface area (Å²) in [5, 5.41) is 0. The molecule has 0 heterocycles. The van der Waals surface area contributed by atoms with Gasteiger partial charge in [-0.25, -0.2) is 0 Å². The van der Waals surface area contributed by atoms with Gasteiger partial charge in [-0.15, -0.1) is 0 Å². The average Bonchev–Trinajstić information content (AvgIpc) is 2.40. The quantitative estimate of drug-likeness (QED) is 0.867. The first kappa shape index (κ1) is 12.2. The first-order valence-corrected chi connectivity index (χ1v) is 6.75. The highest BCUT2D eigenvalue weighted by atomic mass is 32.1. The molecular formula is C16H15NOS. The molecule has 1 aliphatic rings. The van der Waals surface area contributed by atoms with Gasteiger partial charge in [0.1, 0.15) is 10.7 Å². The fourth-order valence-electron chi connectivity index (χ4n) is 2.45. The van der Waals surface area contributed by atoms with E-state index in [0.29, 0.717) is 17.5 Å². The third kappa shape index (κ3) is 2.47. The van der Waals surface area contributed by atoms with E-state index < -0.39 is 0 Å². The van der Waals surface area contributed by atoms with Crippen molar-refractivity contribution < 1.29 is 4.74 Å². The molecule has 0 spiro atoms. The van der Waals surface area contributed by atoms with Gasteiger partial charge >= 0.3 is 0 Å². The normalized spacial score (nSPS) is 16.3. The molecule has 0 fully saturated rings. The van der Waals surface area contributed by atoms with Crippen LogP contribution in [0.25, 0.3) is 0 Å². The maximum atomic E-state index is 5.84. The highest BCUT2D eigenvalue weighted by Gasteiger charge is 2.25. The molecule has 1 atom stereocenters. The summed E-state index contributed by atoms with van der Waals surface area (Å²) in [6, 6.07) is 16.2. The third-order valence-corrected chi connectivity index (χ3v) is 3.77. The minimum absolute atomic E-state index is 0.402. The molecule has 0 amide bonds. The predicted molar refractivity (Wildman–Crippen MR) is 80.7 cm³/mol. The monoisotopic (exact) mass is 269 g/mol. The number of benzene rings is 2. The highest BCUT2D eigenvalue weighted by molar-refractivity contribution is 7.80. The minimum atomic E-state index is 0.402. The summed E-state index contributed by atoms with van der Waals surface area (Å²) >= 11 is 4.97. The van der Waals surface area contributed by atoms with Crippen molar-refractivity contribution in [3.63, 3.8) is 0 Å².